The molecule has 0 fully saturated rings. The minimum atomic E-state index is -0.952. The van der Waals surface area contributed by atoms with Gasteiger partial charge in [-0.2, -0.15) is 0 Å². The molecule has 0 saturated carbocycles. The Labute approximate surface area is 194 Å². The number of pyridine rings is 1. The van der Waals surface area contributed by atoms with E-state index in [1.165, 1.54) is 15.0 Å². The zero-order chi connectivity index (χ0) is 23.8. The summed E-state index contributed by atoms with van der Waals surface area (Å²) < 4.78 is 1.52. The molecule has 0 bridgehead atoms. The molecule has 2 N–H and O–H groups in total. The van der Waals surface area contributed by atoms with E-state index in [1.807, 2.05) is 55.5 Å². The molecule has 6 heteroatoms. The quantitative estimate of drug-likeness (QED) is 0.455. The standard InChI is InChI=1S/C27H32N2O4/c1-20(21-10-12-24(13-11-21)25-14-16-28(2)26(31)19-25)29(27(32)33)17-15-23(9-6-18-30)22-7-4-3-5-8-22/h3-5,7-8,10-14,16,19-20,23,30H,6,9,15,17-18H2,1-2H3,(H,32,33)/t20-,23-/m0/s1. The summed E-state index contributed by atoms with van der Waals surface area (Å²) in [6, 6.07) is 20.9. The highest BCUT2D eigenvalue weighted by atomic mass is 16.4. The molecule has 0 aliphatic rings. The van der Waals surface area contributed by atoms with Crippen molar-refractivity contribution in [2.75, 3.05) is 13.2 Å². The van der Waals surface area contributed by atoms with Crippen LogP contribution in [-0.2, 0) is 7.05 Å². The van der Waals surface area contributed by atoms with Gasteiger partial charge in [-0.1, -0.05) is 54.6 Å². The lowest BCUT2D eigenvalue weighted by Gasteiger charge is -2.29. The number of aliphatic hydroxyl groups is 1. The van der Waals surface area contributed by atoms with Crippen LogP contribution in [0.4, 0.5) is 4.79 Å². The number of rotatable bonds is 10. The summed E-state index contributed by atoms with van der Waals surface area (Å²) in [5.41, 5.74) is 3.75. The zero-order valence-electron chi connectivity index (χ0n) is 19.2. The molecule has 6 nitrogen and oxygen atoms in total. The smallest absolute Gasteiger partial charge is 0.407 e. The van der Waals surface area contributed by atoms with Crippen molar-refractivity contribution in [3.05, 3.63) is 94.4 Å². The third-order valence-corrected chi connectivity index (χ3v) is 6.24. The number of hydrogen-bond acceptors (Lipinski definition) is 3. The van der Waals surface area contributed by atoms with Crippen LogP contribution in [0.3, 0.4) is 0 Å². The van der Waals surface area contributed by atoms with Crippen LogP contribution in [0.5, 0.6) is 0 Å². The number of amides is 1. The molecule has 33 heavy (non-hydrogen) atoms. The Bertz CT molecular complexity index is 1090. The molecule has 2 atom stereocenters. The maximum Gasteiger partial charge on any atom is 0.407 e. The fourth-order valence-corrected chi connectivity index (χ4v) is 4.15. The fourth-order valence-electron chi connectivity index (χ4n) is 4.15. The summed E-state index contributed by atoms with van der Waals surface area (Å²) in [4.78, 5) is 25.5. The van der Waals surface area contributed by atoms with Gasteiger partial charge in [-0.05, 0) is 60.4 Å². The van der Waals surface area contributed by atoms with Gasteiger partial charge in [-0.25, -0.2) is 4.79 Å². The summed E-state index contributed by atoms with van der Waals surface area (Å²) >= 11 is 0. The summed E-state index contributed by atoms with van der Waals surface area (Å²) in [6.07, 6.45) is 2.97. The predicted octanol–water partition coefficient (Wildman–Crippen LogP) is 5.04. The third kappa shape index (κ3) is 6.33. The number of aryl methyl sites for hydroxylation is 1. The van der Waals surface area contributed by atoms with Crippen molar-refractivity contribution in [3.63, 3.8) is 0 Å². The molecular weight excluding hydrogens is 416 g/mol. The second kappa shape index (κ2) is 11.5. The Balaban J connectivity index is 1.73. The van der Waals surface area contributed by atoms with Gasteiger partial charge in [0.1, 0.15) is 0 Å². The van der Waals surface area contributed by atoms with Gasteiger partial charge in [0, 0.05) is 32.5 Å². The first kappa shape index (κ1) is 24.3. The van der Waals surface area contributed by atoms with Crippen molar-refractivity contribution in [2.45, 2.75) is 38.1 Å². The van der Waals surface area contributed by atoms with E-state index < -0.39 is 6.09 Å². The van der Waals surface area contributed by atoms with E-state index in [2.05, 4.69) is 12.1 Å². The summed E-state index contributed by atoms with van der Waals surface area (Å²) in [7, 11) is 1.71. The largest absolute Gasteiger partial charge is 0.465 e. The van der Waals surface area contributed by atoms with E-state index >= 15 is 0 Å². The van der Waals surface area contributed by atoms with Crippen LogP contribution >= 0.6 is 0 Å². The van der Waals surface area contributed by atoms with Crippen LogP contribution in [0.1, 0.15) is 49.3 Å². The second-order valence-corrected chi connectivity index (χ2v) is 8.40. The van der Waals surface area contributed by atoms with Crippen molar-refractivity contribution in [1.82, 2.24) is 9.47 Å². The number of nitrogens with zero attached hydrogens (tertiary/aromatic N) is 2. The van der Waals surface area contributed by atoms with Crippen LogP contribution in [0, 0.1) is 0 Å². The number of aliphatic hydroxyl groups excluding tert-OH is 1. The first-order valence-corrected chi connectivity index (χ1v) is 11.3. The Hall–Kier alpha value is -3.38. The fraction of sp³-hybridized carbons (Fsp3) is 0.333. The summed E-state index contributed by atoms with van der Waals surface area (Å²) in [5.74, 6) is 0.190. The Morgan fingerprint density at radius 2 is 1.67 bits per heavy atom. The highest BCUT2D eigenvalue weighted by Gasteiger charge is 2.23. The van der Waals surface area contributed by atoms with Gasteiger partial charge in [0.2, 0.25) is 0 Å². The van der Waals surface area contributed by atoms with Gasteiger partial charge in [0.15, 0.2) is 0 Å². The van der Waals surface area contributed by atoms with E-state index in [1.54, 1.807) is 19.3 Å². The number of benzene rings is 2. The lowest BCUT2D eigenvalue weighted by Crippen LogP contribution is -2.34. The first-order valence-electron chi connectivity index (χ1n) is 11.3. The average molecular weight is 449 g/mol. The zero-order valence-corrected chi connectivity index (χ0v) is 19.2. The van der Waals surface area contributed by atoms with Gasteiger partial charge < -0.3 is 19.7 Å². The Kier molecular flexibility index (Phi) is 8.44. The number of aromatic nitrogens is 1. The van der Waals surface area contributed by atoms with Crippen LogP contribution in [-0.4, -0.2) is 38.9 Å². The highest BCUT2D eigenvalue weighted by Crippen LogP contribution is 2.29. The third-order valence-electron chi connectivity index (χ3n) is 6.24. The normalized spacial score (nSPS) is 12.8. The van der Waals surface area contributed by atoms with Gasteiger partial charge in [0.25, 0.3) is 5.56 Å². The SMILES string of the molecule is C[C@@H](c1ccc(-c2ccn(C)c(=O)c2)cc1)N(CC[C@H](CCCO)c1ccccc1)C(=O)O. The van der Waals surface area contributed by atoms with Crippen molar-refractivity contribution in [1.29, 1.82) is 0 Å². The predicted molar refractivity (Wildman–Crippen MR) is 130 cm³/mol. The maximum absolute atomic E-state index is 12.1. The molecule has 1 aromatic heterocycles. The van der Waals surface area contributed by atoms with Gasteiger partial charge in [-0.3, -0.25) is 4.79 Å². The van der Waals surface area contributed by atoms with Crippen LogP contribution < -0.4 is 5.56 Å². The van der Waals surface area contributed by atoms with Crippen LogP contribution in [0.2, 0.25) is 0 Å². The number of carboxylic acid groups (broad SMARTS) is 1. The highest BCUT2D eigenvalue weighted by molar-refractivity contribution is 5.66. The molecular formula is C27H32N2O4. The molecule has 1 heterocycles. The van der Waals surface area contributed by atoms with E-state index in [9.17, 15) is 19.8 Å². The van der Waals surface area contributed by atoms with Gasteiger partial charge >= 0.3 is 6.09 Å². The van der Waals surface area contributed by atoms with E-state index in [0.29, 0.717) is 19.4 Å². The maximum atomic E-state index is 12.1. The van der Waals surface area contributed by atoms with E-state index in [-0.39, 0.29) is 24.1 Å². The lowest BCUT2D eigenvalue weighted by atomic mass is 9.91. The number of hydrogen-bond donors (Lipinski definition) is 2. The minimum Gasteiger partial charge on any atom is -0.465 e. The topological polar surface area (TPSA) is 82.8 Å². The molecule has 0 aliphatic heterocycles. The summed E-state index contributed by atoms with van der Waals surface area (Å²) in [6.45, 7) is 2.42. The van der Waals surface area contributed by atoms with E-state index in [4.69, 9.17) is 0 Å². The molecule has 0 aliphatic carbocycles. The molecule has 3 aromatic rings. The van der Waals surface area contributed by atoms with Crippen molar-refractivity contribution < 1.29 is 15.0 Å². The Morgan fingerprint density at radius 3 is 2.27 bits per heavy atom. The Morgan fingerprint density at radius 1 is 0.970 bits per heavy atom. The summed E-state index contributed by atoms with van der Waals surface area (Å²) in [5, 5.41) is 19.2. The van der Waals surface area contributed by atoms with Gasteiger partial charge in [0.05, 0.1) is 6.04 Å². The molecule has 174 valence electrons. The molecule has 2 aromatic carbocycles. The molecule has 0 spiro atoms. The first-order chi connectivity index (χ1) is 15.9. The lowest BCUT2D eigenvalue weighted by molar-refractivity contribution is 0.125. The van der Waals surface area contributed by atoms with Gasteiger partial charge in [-0.15, -0.1) is 0 Å². The molecule has 0 unspecified atom stereocenters. The van der Waals surface area contributed by atoms with E-state index in [0.717, 1.165) is 23.1 Å². The van der Waals surface area contributed by atoms with Crippen LogP contribution in [0.15, 0.2) is 77.7 Å². The molecule has 1 amide bonds. The van der Waals surface area contributed by atoms with Crippen molar-refractivity contribution in [2.24, 2.45) is 7.05 Å². The number of carbonyl (C=O) groups is 1. The monoisotopic (exact) mass is 448 g/mol. The molecule has 0 saturated heterocycles. The molecule has 3 rings (SSSR count). The van der Waals surface area contributed by atoms with Crippen molar-refractivity contribution in [3.8, 4) is 11.1 Å². The average Bonchev–Trinajstić information content (AvgIpc) is 2.83. The van der Waals surface area contributed by atoms with Crippen molar-refractivity contribution >= 4 is 6.09 Å². The molecule has 0 radical (unpaired) electrons. The second-order valence-electron chi connectivity index (χ2n) is 8.40. The van der Waals surface area contributed by atoms with Crippen LogP contribution in [0.25, 0.3) is 11.1 Å². The minimum absolute atomic E-state index is 0.0730.